The van der Waals surface area contributed by atoms with E-state index < -0.39 is 11.9 Å². The fourth-order valence-electron chi connectivity index (χ4n) is 3.14. The normalized spacial score (nSPS) is 10.8. The number of aromatic nitrogens is 2. The molecule has 0 atom stereocenters. The molecule has 0 fully saturated rings. The Balaban J connectivity index is 1.70. The standard InChI is InChI=1S/C22H16FN3O3/c23-15-11-9-14(10-12-15)13-26-19-8-4-2-6-17(19)20(25-26)21(27)24-18-7-3-1-5-16(18)22(28)29/h1-12H,13H2,(H,24,27)(H,28,29). The Morgan fingerprint density at radius 2 is 1.66 bits per heavy atom. The van der Waals surface area contributed by atoms with Gasteiger partial charge in [0.1, 0.15) is 5.82 Å². The lowest BCUT2D eigenvalue weighted by Crippen LogP contribution is -2.16. The van der Waals surface area contributed by atoms with Crippen LogP contribution in [0.4, 0.5) is 10.1 Å². The van der Waals surface area contributed by atoms with Crippen LogP contribution in [0.25, 0.3) is 10.9 Å². The number of benzene rings is 3. The maximum Gasteiger partial charge on any atom is 0.337 e. The van der Waals surface area contributed by atoms with Crippen LogP contribution in [-0.2, 0) is 6.54 Å². The van der Waals surface area contributed by atoms with Gasteiger partial charge in [0, 0.05) is 5.39 Å². The molecule has 29 heavy (non-hydrogen) atoms. The molecule has 0 spiro atoms. The first-order valence-corrected chi connectivity index (χ1v) is 8.86. The summed E-state index contributed by atoms with van der Waals surface area (Å²) >= 11 is 0. The monoisotopic (exact) mass is 389 g/mol. The number of para-hydroxylation sites is 2. The molecule has 6 nitrogen and oxygen atoms in total. The lowest BCUT2D eigenvalue weighted by molar-refractivity contribution is 0.0698. The predicted molar refractivity (Wildman–Crippen MR) is 107 cm³/mol. The molecule has 7 heteroatoms. The highest BCUT2D eigenvalue weighted by molar-refractivity contribution is 6.12. The number of aromatic carboxylic acids is 1. The van der Waals surface area contributed by atoms with Gasteiger partial charge in [0.05, 0.1) is 23.3 Å². The van der Waals surface area contributed by atoms with Crippen LogP contribution >= 0.6 is 0 Å². The molecule has 1 aromatic heterocycles. The molecule has 0 radical (unpaired) electrons. The molecule has 0 saturated carbocycles. The topological polar surface area (TPSA) is 84.2 Å². The summed E-state index contributed by atoms with van der Waals surface area (Å²) in [6.07, 6.45) is 0. The van der Waals surface area contributed by atoms with Gasteiger partial charge in [-0.05, 0) is 35.9 Å². The van der Waals surface area contributed by atoms with Gasteiger partial charge < -0.3 is 10.4 Å². The van der Waals surface area contributed by atoms with Crippen molar-refractivity contribution in [1.29, 1.82) is 0 Å². The molecule has 0 bridgehead atoms. The minimum atomic E-state index is -1.13. The molecule has 4 aromatic rings. The molecule has 1 amide bonds. The van der Waals surface area contributed by atoms with Crippen LogP contribution in [0.2, 0.25) is 0 Å². The maximum atomic E-state index is 13.2. The van der Waals surface area contributed by atoms with Gasteiger partial charge in [-0.3, -0.25) is 9.48 Å². The van der Waals surface area contributed by atoms with Crippen LogP contribution in [0.15, 0.2) is 72.8 Å². The number of rotatable bonds is 5. The van der Waals surface area contributed by atoms with E-state index in [1.165, 1.54) is 24.3 Å². The van der Waals surface area contributed by atoms with E-state index in [-0.39, 0.29) is 22.8 Å². The van der Waals surface area contributed by atoms with Gasteiger partial charge in [0.25, 0.3) is 5.91 Å². The molecule has 0 aliphatic rings. The fraction of sp³-hybridized carbons (Fsp3) is 0.0455. The summed E-state index contributed by atoms with van der Waals surface area (Å²) in [7, 11) is 0. The van der Waals surface area contributed by atoms with Crippen LogP contribution < -0.4 is 5.32 Å². The summed E-state index contributed by atoms with van der Waals surface area (Å²) in [5.41, 5.74) is 1.96. The summed E-state index contributed by atoms with van der Waals surface area (Å²) in [5, 5.41) is 17.0. The molecule has 2 N–H and O–H groups in total. The smallest absolute Gasteiger partial charge is 0.337 e. The van der Waals surface area contributed by atoms with Crippen molar-refractivity contribution in [2.75, 3.05) is 5.32 Å². The van der Waals surface area contributed by atoms with E-state index in [0.29, 0.717) is 11.9 Å². The molecule has 1 heterocycles. The Kier molecular flexibility index (Phi) is 4.78. The van der Waals surface area contributed by atoms with E-state index in [1.54, 1.807) is 41.1 Å². The van der Waals surface area contributed by atoms with Crippen molar-refractivity contribution in [2.45, 2.75) is 6.54 Å². The predicted octanol–water partition coefficient (Wildman–Crippen LogP) is 4.17. The molecule has 0 saturated heterocycles. The lowest BCUT2D eigenvalue weighted by atomic mass is 10.1. The third-order valence-corrected chi connectivity index (χ3v) is 4.52. The molecule has 4 rings (SSSR count). The van der Waals surface area contributed by atoms with Crippen LogP contribution in [0.3, 0.4) is 0 Å². The number of halogens is 1. The van der Waals surface area contributed by atoms with Gasteiger partial charge in [-0.2, -0.15) is 5.10 Å². The van der Waals surface area contributed by atoms with Crippen molar-refractivity contribution in [3.8, 4) is 0 Å². The van der Waals surface area contributed by atoms with Crippen molar-refractivity contribution in [3.63, 3.8) is 0 Å². The van der Waals surface area contributed by atoms with E-state index in [0.717, 1.165) is 11.1 Å². The first-order valence-electron chi connectivity index (χ1n) is 8.86. The summed E-state index contributed by atoms with van der Waals surface area (Å²) < 4.78 is 14.8. The quantitative estimate of drug-likeness (QED) is 0.536. The second kappa shape index (κ2) is 7.55. The van der Waals surface area contributed by atoms with Crippen molar-refractivity contribution in [2.24, 2.45) is 0 Å². The number of nitrogens with zero attached hydrogens (tertiary/aromatic N) is 2. The first kappa shape index (κ1) is 18.4. The zero-order valence-corrected chi connectivity index (χ0v) is 15.2. The molecule has 0 unspecified atom stereocenters. The molecular weight excluding hydrogens is 373 g/mol. The van der Waals surface area contributed by atoms with Gasteiger partial charge in [0.15, 0.2) is 5.69 Å². The number of anilines is 1. The second-order valence-electron chi connectivity index (χ2n) is 6.45. The molecule has 0 aliphatic heterocycles. The molecular formula is C22H16FN3O3. The minimum Gasteiger partial charge on any atom is -0.478 e. The van der Waals surface area contributed by atoms with Crippen molar-refractivity contribution in [1.82, 2.24) is 9.78 Å². The van der Waals surface area contributed by atoms with Crippen molar-refractivity contribution < 1.29 is 19.1 Å². The minimum absolute atomic E-state index is 0.00380. The third-order valence-electron chi connectivity index (χ3n) is 4.52. The van der Waals surface area contributed by atoms with E-state index in [9.17, 15) is 19.1 Å². The van der Waals surface area contributed by atoms with Crippen LogP contribution in [-0.4, -0.2) is 26.8 Å². The largest absolute Gasteiger partial charge is 0.478 e. The maximum absolute atomic E-state index is 13.2. The Labute approximate surface area is 165 Å². The summed E-state index contributed by atoms with van der Waals surface area (Å²) in [5.74, 6) is -1.96. The summed E-state index contributed by atoms with van der Waals surface area (Å²) in [4.78, 5) is 24.3. The number of carbonyl (C=O) groups is 2. The first-order chi connectivity index (χ1) is 14.0. The van der Waals surface area contributed by atoms with E-state index in [1.807, 2.05) is 12.1 Å². The lowest BCUT2D eigenvalue weighted by Gasteiger charge is -2.07. The highest BCUT2D eigenvalue weighted by atomic mass is 19.1. The third kappa shape index (κ3) is 3.70. The van der Waals surface area contributed by atoms with Gasteiger partial charge in [-0.15, -0.1) is 0 Å². The second-order valence-corrected chi connectivity index (χ2v) is 6.45. The Morgan fingerprint density at radius 3 is 2.41 bits per heavy atom. The van der Waals surface area contributed by atoms with Crippen molar-refractivity contribution in [3.05, 3.63) is 95.4 Å². The Bertz CT molecular complexity index is 1220. The number of carbonyl (C=O) groups excluding carboxylic acids is 1. The SMILES string of the molecule is O=C(O)c1ccccc1NC(=O)c1nn(Cc2ccc(F)cc2)c2ccccc12. The van der Waals surface area contributed by atoms with E-state index in [4.69, 9.17) is 0 Å². The van der Waals surface area contributed by atoms with Crippen LogP contribution in [0, 0.1) is 5.82 Å². The number of carboxylic acids is 1. The Morgan fingerprint density at radius 1 is 0.966 bits per heavy atom. The highest BCUT2D eigenvalue weighted by Crippen LogP contribution is 2.22. The number of carboxylic acid groups (broad SMARTS) is 1. The number of amides is 1. The van der Waals surface area contributed by atoms with E-state index >= 15 is 0 Å². The molecule has 3 aromatic carbocycles. The summed E-state index contributed by atoms with van der Waals surface area (Å²) in [6, 6.07) is 19.5. The number of hydrogen-bond donors (Lipinski definition) is 2. The van der Waals surface area contributed by atoms with Gasteiger partial charge in [-0.1, -0.05) is 42.5 Å². The Hall–Kier alpha value is -4.00. The molecule has 144 valence electrons. The average Bonchev–Trinajstić information content (AvgIpc) is 3.09. The van der Waals surface area contributed by atoms with Crippen molar-refractivity contribution >= 4 is 28.5 Å². The fourth-order valence-corrected chi connectivity index (χ4v) is 3.14. The highest BCUT2D eigenvalue weighted by Gasteiger charge is 2.19. The van der Waals surface area contributed by atoms with E-state index in [2.05, 4.69) is 10.4 Å². The number of fused-ring (bicyclic) bond motifs is 1. The average molecular weight is 389 g/mol. The molecule has 0 aliphatic carbocycles. The van der Waals surface area contributed by atoms with Gasteiger partial charge >= 0.3 is 5.97 Å². The van der Waals surface area contributed by atoms with Crippen LogP contribution in [0.1, 0.15) is 26.4 Å². The zero-order valence-electron chi connectivity index (χ0n) is 15.2. The van der Waals surface area contributed by atoms with Gasteiger partial charge in [-0.25, -0.2) is 9.18 Å². The van der Waals surface area contributed by atoms with Gasteiger partial charge in [0.2, 0.25) is 0 Å². The number of nitrogens with one attached hydrogen (secondary N) is 1. The van der Waals surface area contributed by atoms with Crippen LogP contribution in [0.5, 0.6) is 0 Å². The zero-order chi connectivity index (χ0) is 20.4. The number of hydrogen-bond acceptors (Lipinski definition) is 3. The summed E-state index contributed by atoms with van der Waals surface area (Å²) in [6.45, 7) is 0.361.